The summed E-state index contributed by atoms with van der Waals surface area (Å²) in [6.07, 6.45) is 3.44. The number of aromatic nitrogens is 5. The number of carbonyl (C=O) groups excluding carboxylic acids is 1. The first-order chi connectivity index (χ1) is 18.2. The summed E-state index contributed by atoms with van der Waals surface area (Å²) >= 11 is 0. The SMILES string of the molecule is CCOc1ccc2ccccc2c1C(=O)Nc1ccc(-c2ccc3nnc(-c4cccnc4)n3n2)cc1. The van der Waals surface area contributed by atoms with Crippen LogP contribution in [0.25, 0.3) is 39.1 Å². The van der Waals surface area contributed by atoms with Crippen LogP contribution in [-0.2, 0) is 0 Å². The average molecular weight is 487 g/mol. The van der Waals surface area contributed by atoms with Crippen molar-refractivity contribution in [1.82, 2.24) is 24.8 Å². The first kappa shape index (κ1) is 22.4. The van der Waals surface area contributed by atoms with Gasteiger partial charge in [0.2, 0.25) is 0 Å². The van der Waals surface area contributed by atoms with Crippen LogP contribution < -0.4 is 10.1 Å². The third-order valence-electron chi connectivity index (χ3n) is 6.04. The van der Waals surface area contributed by atoms with Crippen molar-refractivity contribution < 1.29 is 9.53 Å². The van der Waals surface area contributed by atoms with E-state index in [1.54, 1.807) is 16.9 Å². The molecule has 6 aromatic rings. The lowest BCUT2D eigenvalue weighted by atomic mass is 10.0. The molecule has 6 rings (SSSR count). The van der Waals surface area contributed by atoms with Crippen LogP contribution in [-0.4, -0.2) is 37.3 Å². The zero-order chi connectivity index (χ0) is 25.2. The molecule has 37 heavy (non-hydrogen) atoms. The van der Waals surface area contributed by atoms with Gasteiger partial charge in [-0.1, -0.05) is 42.5 Å². The zero-order valence-corrected chi connectivity index (χ0v) is 20.0. The van der Waals surface area contributed by atoms with Gasteiger partial charge in [0.15, 0.2) is 11.5 Å². The van der Waals surface area contributed by atoms with E-state index >= 15 is 0 Å². The highest BCUT2D eigenvalue weighted by Crippen LogP contribution is 2.30. The number of rotatable bonds is 6. The molecule has 0 aliphatic carbocycles. The van der Waals surface area contributed by atoms with E-state index in [0.29, 0.717) is 35.1 Å². The van der Waals surface area contributed by atoms with Gasteiger partial charge in [-0.05, 0) is 60.2 Å². The number of hydrogen-bond acceptors (Lipinski definition) is 6. The second kappa shape index (κ2) is 9.50. The molecule has 180 valence electrons. The topological polar surface area (TPSA) is 94.3 Å². The summed E-state index contributed by atoms with van der Waals surface area (Å²) in [5.74, 6) is 0.957. The summed E-state index contributed by atoms with van der Waals surface area (Å²) in [6, 6.07) is 26.7. The Hall–Kier alpha value is -5.11. The third kappa shape index (κ3) is 4.25. The summed E-state index contributed by atoms with van der Waals surface area (Å²) in [5, 5.41) is 18.1. The van der Waals surface area contributed by atoms with Gasteiger partial charge in [0, 0.05) is 29.2 Å². The number of anilines is 1. The number of benzene rings is 3. The summed E-state index contributed by atoms with van der Waals surface area (Å²) in [4.78, 5) is 17.5. The number of nitrogens with one attached hydrogen (secondary N) is 1. The molecule has 3 heterocycles. The quantitative estimate of drug-likeness (QED) is 0.327. The predicted octanol–water partition coefficient (Wildman–Crippen LogP) is 5.66. The minimum atomic E-state index is -0.224. The minimum Gasteiger partial charge on any atom is -0.493 e. The van der Waals surface area contributed by atoms with Gasteiger partial charge in [-0.2, -0.15) is 9.61 Å². The van der Waals surface area contributed by atoms with Gasteiger partial charge < -0.3 is 10.1 Å². The Morgan fingerprint density at radius 1 is 0.892 bits per heavy atom. The van der Waals surface area contributed by atoms with Crippen LogP contribution in [0.1, 0.15) is 17.3 Å². The molecule has 0 radical (unpaired) electrons. The second-order valence-corrected chi connectivity index (χ2v) is 8.38. The van der Waals surface area contributed by atoms with Crippen LogP contribution in [0.2, 0.25) is 0 Å². The molecule has 0 unspecified atom stereocenters. The third-order valence-corrected chi connectivity index (χ3v) is 6.04. The van der Waals surface area contributed by atoms with E-state index in [0.717, 1.165) is 27.6 Å². The van der Waals surface area contributed by atoms with Crippen molar-refractivity contribution >= 4 is 28.0 Å². The molecule has 0 atom stereocenters. The fourth-order valence-electron chi connectivity index (χ4n) is 4.30. The van der Waals surface area contributed by atoms with Gasteiger partial charge in [-0.25, -0.2) is 0 Å². The molecule has 3 aromatic heterocycles. The van der Waals surface area contributed by atoms with Gasteiger partial charge in [-0.15, -0.1) is 10.2 Å². The van der Waals surface area contributed by atoms with Crippen LogP contribution in [0.5, 0.6) is 5.75 Å². The van der Waals surface area contributed by atoms with Crippen molar-refractivity contribution in [3.05, 3.63) is 103 Å². The van der Waals surface area contributed by atoms with Crippen molar-refractivity contribution in [3.8, 4) is 28.4 Å². The molecule has 0 aliphatic heterocycles. The summed E-state index contributed by atoms with van der Waals surface area (Å²) in [7, 11) is 0. The van der Waals surface area contributed by atoms with Crippen LogP contribution in [0.3, 0.4) is 0 Å². The Labute approximate surface area is 212 Å². The lowest BCUT2D eigenvalue weighted by molar-refractivity contribution is 0.102. The van der Waals surface area contributed by atoms with E-state index in [-0.39, 0.29) is 5.91 Å². The van der Waals surface area contributed by atoms with Crippen LogP contribution in [0.4, 0.5) is 5.69 Å². The molecule has 0 saturated carbocycles. The number of fused-ring (bicyclic) bond motifs is 2. The highest BCUT2D eigenvalue weighted by molar-refractivity contribution is 6.15. The van der Waals surface area contributed by atoms with Crippen LogP contribution in [0.15, 0.2) is 97.3 Å². The van der Waals surface area contributed by atoms with Crippen LogP contribution >= 0.6 is 0 Å². The normalized spacial score (nSPS) is 11.1. The van der Waals surface area contributed by atoms with E-state index in [9.17, 15) is 4.79 Å². The van der Waals surface area contributed by atoms with Crippen molar-refractivity contribution in [3.63, 3.8) is 0 Å². The number of amides is 1. The van der Waals surface area contributed by atoms with Crippen molar-refractivity contribution in [2.45, 2.75) is 6.92 Å². The first-order valence-electron chi connectivity index (χ1n) is 11.9. The summed E-state index contributed by atoms with van der Waals surface area (Å²) in [5.41, 5.74) is 4.32. The van der Waals surface area contributed by atoms with E-state index in [1.165, 1.54) is 0 Å². The number of pyridine rings is 1. The molecule has 0 spiro atoms. The lowest BCUT2D eigenvalue weighted by Crippen LogP contribution is -2.14. The molecular formula is C29H22N6O2. The highest BCUT2D eigenvalue weighted by Gasteiger charge is 2.17. The van der Waals surface area contributed by atoms with E-state index in [4.69, 9.17) is 9.84 Å². The molecule has 3 aromatic carbocycles. The summed E-state index contributed by atoms with van der Waals surface area (Å²) < 4.78 is 7.47. The van der Waals surface area contributed by atoms with Gasteiger partial charge >= 0.3 is 0 Å². The highest BCUT2D eigenvalue weighted by atomic mass is 16.5. The van der Waals surface area contributed by atoms with E-state index in [1.807, 2.05) is 91.9 Å². The number of ether oxygens (including phenoxy) is 1. The zero-order valence-electron chi connectivity index (χ0n) is 20.0. The summed E-state index contributed by atoms with van der Waals surface area (Å²) in [6.45, 7) is 2.38. The molecule has 8 heteroatoms. The van der Waals surface area contributed by atoms with Crippen molar-refractivity contribution in [2.75, 3.05) is 11.9 Å². The largest absolute Gasteiger partial charge is 0.493 e. The second-order valence-electron chi connectivity index (χ2n) is 8.38. The number of nitrogens with zero attached hydrogens (tertiary/aromatic N) is 5. The Balaban J connectivity index is 1.29. The Morgan fingerprint density at radius 2 is 1.76 bits per heavy atom. The maximum absolute atomic E-state index is 13.3. The lowest BCUT2D eigenvalue weighted by Gasteiger charge is -2.14. The fourth-order valence-corrected chi connectivity index (χ4v) is 4.30. The Morgan fingerprint density at radius 3 is 2.57 bits per heavy atom. The average Bonchev–Trinajstić information content (AvgIpc) is 3.37. The first-order valence-corrected chi connectivity index (χ1v) is 11.9. The van der Waals surface area contributed by atoms with Crippen molar-refractivity contribution in [2.24, 2.45) is 0 Å². The molecular weight excluding hydrogens is 464 g/mol. The molecule has 8 nitrogen and oxygen atoms in total. The number of hydrogen-bond donors (Lipinski definition) is 1. The molecule has 0 aliphatic rings. The molecule has 0 fully saturated rings. The van der Waals surface area contributed by atoms with Crippen LogP contribution in [0, 0.1) is 0 Å². The maximum atomic E-state index is 13.3. The van der Waals surface area contributed by atoms with Gasteiger partial charge in [-0.3, -0.25) is 9.78 Å². The Bertz CT molecular complexity index is 1730. The van der Waals surface area contributed by atoms with E-state index < -0.39 is 0 Å². The van der Waals surface area contributed by atoms with Gasteiger partial charge in [0.1, 0.15) is 5.75 Å². The molecule has 1 N–H and O–H groups in total. The van der Waals surface area contributed by atoms with Gasteiger partial charge in [0.05, 0.1) is 17.9 Å². The van der Waals surface area contributed by atoms with E-state index in [2.05, 4.69) is 20.5 Å². The standard InChI is InChI=1S/C29H22N6O2/c1-2-37-25-15-11-19-6-3-4-8-23(19)27(25)29(36)31-22-12-9-20(10-13-22)24-14-16-26-32-33-28(35(26)34-24)21-7-5-17-30-18-21/h3-18H,2H2,1H3,(H,31,36). The van der Waals surface area contributed by atoms with Gasteiger partial charge in [0.25, 0.3) is 5.91 Å². The molecule has 0 bridgehead atoms. The minimum absolute atomic E-state index is 0.224. The Kier molecular flexibility index (Phi) is 5.74. The predicted molar refractivity (Wildman–Crippen MR) is 143 cm³/mol. The number of carbonyl (C=O) groups is 1. The fraction of sp³-hybridized carbons (Fsp3) is 0.0690. The molecule has 0 saturated heterocycles. The maximum Gasteiger partial charge on any atom is 0.260 e. The van der Waals surface area contributed by atoms with Crippen molar-refractivity contribution in [1.29, 1.82) is 0 Å². The monoisotopic (exact) mass is 486 g/mol. The smallest absolute Gasteiger partial charge is 0.260 e. The molecule has 1 amide bonds.